The van der Waals surface area contributed by atoms with Gasteiger partial charge in [-0.1, -0.05) is 0 Å². The lowest BCUT2D eigenvalue weighted by molar-refractivity contribution is 0.315. The van der Waals surface area contributed by atoms with E-state index >= 15 is 0 Å². The van der Waals surface area contributed by atoms with E-state index in [2.05, 4.69) is 34.9 Å². The molecule has 0 saturated carbocycles. The highest BCUT2D eigenvalue weighted by atomic mass is 16.4. The highest BCUT2D eigenvalue weighted by Gasteiger charge is 2.24. The molecule has 6 heteroatoms. The predicted octanol–water partition coefficient (Wildman–Crippen LogP) is 3.56. The smallest absolute Gasteiger partial charge is 0.344 e. The van der Waals surface area contributed by atoms with Gasteiger partial charge in [0.15, 0.2) is 0 Å². The van der Waals surface area contributed by atoms with Crippen LogP contribution in [0.15, 0.2) is 58.0 Å². The first-order valence-electron chi connectivity index (χ1n) is 9.93. The summed E-state index contributed by atoms with van der Waals surface area (Å²) in [4.78, 5) is 21.8. The molecule has 1 aliphatic heterocycles. The summed E-state index contributed by atoms with van der Waals surface area (Å²) in [6.45, 7) is 3.96. The van der Waals surface area contributed by atoms with Crippen molar-refractivity contribution in [3.63, 3.8) is 0 Å². The van der Waals surface area contributed by atoms with Gasteiger partial charge in [0.1, 0.15) is 11.2 Å². The maximum Gasteiger partial charge on any atom is 0.344 e. The number of imidazole rings is 1. The number of rotatable bonds is 3. The fourth-order valence-corrected chi connectivity index (χ4v) is 4.17. The third-order valence-electron chi connectivity index (χ3n) is 5.86. The average molecular weight is 388 g/mol. The molecule has 0 unspecified atom stereocenters. The number of hydrogen-bond acceptors (Lipinski definition) is 5. The molecular weight excluding hydrogens is 364 g/mol. The lowest BCUT2D eigenvalue weighted by Crippen LogP contribution is -2.31. The van der Waals surface area contributed by atoms with Gasteiger partial charge in [-0.3, -0.25) is 0 Å². The normalized spacial score (nSPS) is 17.1. The Hall–Kier alpha value is -3.12. The summed E-state index contributed by atoms with van der Waals surface area (Å²) in [6, 6.07) is 12.5. The zero-order chi connectivity index (χ0) is 20.1. The summed E-state index contributed by atoms with van der Waals surface area (Å²) in [6.07, 6.45) is 5.02. The molecule has 4 aromatic rings. The first kappa shape index (κ1) is 17.9. The van der Waals surface area contributed by atoms with Crippen molar-refractivity contribution in [2.75, 3.05) is 32.1 Å². The molecule has 5 rings (SSSR count). The highest BCUT2D eigenvalue weighted by molar-refractivity contribution is 5.84. The molecule has 0 spiro atoms. The molecule has 29 heavy (non-hydrogen) atoms. The second-order valence-corrected chi connectivity index (χ2v) is 8.09. The quantitative estimate of drug-likeness (QED) is 0.503. The van der Waals surface area contributed by atoms with Crippen molar-refractivity contribution in [1.29, 1.82) is 0 Å². The van der Waals surface area contributed by atoms with Gasteiger partial charge >= 0.3 is 5.63 Å². The van der Waals surface area contributed by atoms with Crippen molar-refractivity contribution in [1.82, 2.24) is 14.3 Å². The number of benzene rings is 1. The first-order chi connectivity index (χ1) is 14.0. The molecule has 0 N–H and O–H groups in total. The molecule has 0 radical (unpaired) electrons. The molecule has 0 amide bonds. The second kappa shape index (κ2) is 6.74. The van der Waals surface area contributed by atoms with Gasteiger partial charge in [0.05, 0.1) is 11.3 Å². The predicted molar refractivity (Wildman–Crippen MR) is 116 cm³/mol. The van der Waals surface area contributed by atoms with Crippen LogP contribution < -0.4 is 10.5 Å². The first-order valence-corrected chi connectivity index (χ1v) is 9.93. The van der Waals surface area contributed by atoms with Crippen molar-refractivity contribution < 1.29 is 4.42 Å². The lowest BCUT2D eigenvalue weighted by atomic mass is 10.1. The zero-order valence-electron chi connectivity index (χ0n) is 16.9. The summed E-state index contributed by atoms with van der Waals surface area (Å²) in [5.41, 5.74) is 4.60. The van der Waals surface area contributed by atoms with Crippen LogP contribution in [-0.2, 0) is 0 Å². The number of nitrogens with zero attached hydrogens (tertiary/aromatic N) is 4. The number of fused-ring (bicyclic) bond motifs is 2. The van der Waals surface area contributed by atoms with Gasteiger partial charge in [-0.05, 0) is 57.8 Å². The number of anilines is 1. The van der Waals surface area contributed by atoms with E-state index in [1.165, 1.54) is 0 Å². The van der Waals surface area contributed by atoms with Crippen molar-refractivity contribution >= 4 is 22.3 Å². The van der Waals surface area contributed by atoms with Crippen LogP contribution in [0.2, 0.25) is 0 Å². The Morgan fingerprint density at radius 1 is 1.14 bits per heavy atom. The van der Waals surface area contributed by atoms with E-state index in [1.54, 1.807) is 0 Å². The van der Waals surface area contributed by atoms with Crippen LogP contribution in [0.1, 0.15) is 12.1 Å². The fourth-order valence-electron chi connectivity index (χ4n) is 4.17. The molecule has 1 aromatic carbocycles. The van der Waals surface area contributed by atoms with Gasteiger partial charge in [-0.25, -0.2) is 9.78 Å². The van der Waals surface area contributed by atoms with Crippen LogP contribution in [0.5, 0.6) is 0 Å². The van der Waals surface area contributed by atoms with Crippen molar-refractivity contribution in [3.05, 3.63) is 64.9 Å². The Kier molecular flexibility index (Phi) is 4.17. The summed E-state index contributed by atoms with van der Waals surface area (Å²) in [7, 11) is 4.25. The summed E-state index contributed by atoms with van der Waals surface area (Å²) >= 11 is 0. The average Bonchev–Trinajstić information content (AvgIpc) is 3.32. The van der Waals surface area contributed by atoms with E-state index < -0.39 is 0 Å². The van der Waals surface area contributed by atoms with E-state index in [0.29, 0.717) is 17.2 Å². The number of aromatic nitrogens is 2. The van der Waals surface area contributed by atoms with E-state index in [0.717, 1.165) is 47.5 Å². The minimum absolute atomic E-state index is 0.321. The molecule has 1 saturated heterocycles. The third kappa shape index (κ3) is 3.19. The van der Waals surface area contributed by atoms with Crippen molar-refractivity contribution in [2.24, 2.45) is 0 Å². The molecule has 148 valence electrons. The minimum atomic E-state index is -0.321. The number of likely N-dealkylation sites (N-methyl/N-ethyl adjacent to an activating group) is 1. The van der Waals surface area contributed by atoms with Gasteiger partial charge < -0.3 is 18.6 Å². The Morgan fingerprint density at radius 3 is 2.79 bits per heavy atom. The van der Waals surface area contributed by atoms with Gasteiger partial charge in [0.25, 0.3) is 0 Å². The van der Waals surface area contributed by atoms with Gasteiger partial charge in [-0.2, -0.15) is 0 Å². The SMILES string of the molecule is Cc1cn2cc(-c3cc4ccc(N5CC[C@H](N(C)C)C5)cc4oc3=O)ccc2n1. The second-order valence-electron chi connectivity index (χ2n) is 8.09. The molecule has 3 aromatic heterocycles. The highest BCUT2D eigenvalue weighted by Crippen LogP contribution is 2.28. The van der Waals surface area contributed by atoms with E-state index in [1.807, 2.05) is 54.0 Å². The van der Waals surface area contributed by atoms with E-state index in [9.17, 15) is 4.79 Å². The Labute approximate surface area is 169 Å². The number of hydrogen-bond donors (Lipinski definition) is 0. The molecule has 1 aliphatic rings. The maximum atomic E-state index is 12.7. The summed E-state index contributed by atoms with van der Waals surface area (Å²) < 4.78 is 7.66. The van der Waals surface area contributed by atoms with Crippen molar-refractivity contribution in [3.8, 4) is 11.1 Å². The monoisotopic (exact) mass is 388 g/mol. The van der Waals surface area contributed by atoms with Crippen LogP contribution in [0.4, 0.5) is 5.69 Å². The van der Waals surface area contributed by atoms with Gasteiger partial charge in [-0.15, -0.1) is 0 Å². The molecule has 1 fully saturated rings. The maximum absolute atomic E-state index is 12.7. The molecule has 0 bridgehead atoms. The zero-order valence-corrected chi connectivity index (χ0v) is 16.9. The molecule has 4 heterocycles. The van der Waals surface area contributed by atoms with Crippen LogP contribution in [0, 0.1) is 6.92 Å². The minimum Gasteiger partial charge on any atom is -0.422 e. The Bertz CT molecular complexity index is 1270. The van der Waals surface area contributed by atoms with Gasteiger partial charge in [0.2, 0.25) is 0 Å². The van der Waals surface area contributed by atoms with Gasteiger partial charge in [0, 0.05) is 54.2 Å². The third-order valence-corrected chi connectivity index (χ3v) is 5.86. The van der Waals surface area contributed by atoms with Crippen LogP contribution in [-0.4, -0.2) is 47.5 Å². The molecular formula is C23H24N4O2. The lowest BCUT2D eigenvalue weighted by Gasteiger charge is -2.22. The molecule has 1 atom stereocenters. The van der Waals surface area contributed by atoms with Crippen LogP contribution in [0.25, 0.3) is 27.7 Å². The van der Waals surface area contributed by atoms with Crippen molar-refractivity contribution in [2.45, 2.75) is 19.4 Å². The Balaban J connectivity index is 1.52. The number of pyridine rings is 1. The fraction of sp³-hybridized carbons (Fsp3) is 0.304. The molecule has 6 nitrogen and oxygen atoms in total. The van der Waals surface area contributed by atoms with E-state index in [4.69, 9.17) is 4.42 Å². The van der Waals surface area contributed by atoms with Crippen LogP contribution >= 0.6 is 0 Å². The summed E-state index contributed by atoms with van der Waals surface area (Å²) in [5, 5.41) is 0.925. The van der Waals surface area contributed by atoms with E-state index in [-0.39, 0.29) is 5.63 Å². The van der Waals surface area contributed by atoms with Crippen LogP contribution in [0.3, 0.4) is 0 Å². The Morgan fingerprint density at radius 2 is 2.00 bits per heavy atom. The number of aryl methyl sites for hydroxylation is 1. The largest absolute Gasteiger partial charge is 0.422 e. The molecule has 0 aliphatic carbocycles. The summed E-state index contributed by atoms with van der Waals surface area (Å²) in [5.74, 6) is 0. The topological polar surface area (TPSA) is 54.0 Å². The standard InChI is InChI=1S/C23H24N4O2/c1-15-12-27-13-17(5-7-22(27)24-15)20-10-16-4-6-18(11-21(16)29-23(20)28)26-9-8-19(14-26)25(2)3/h4-7,10-13,19H,8-9,14H2,1-3H3/t19-/m0/s1.